The van der Waals surface area contributed by atoms with Crippen LogP contribution in [0.25, 0.3) is 11.4 Å². The van der Waals surface area contributed by atoms with Crippen LogP contribution in [0.5, 0.6) is 0 Å². The van der Waals surface area contributed by atoms with Crippen LogP contribution in [0.3, 0.4) is 0 Å². The van der Waals surface area contributed by atoms with Gasteiger partial charge in [0.2, 0.25) is 0 Å². The van der Waals surface area contributed by atoms with Gasteiger partial charge in [0.25, 0.3) is 5.91 Å². The Labute approximate surface area is 186 Å². The Bertz CT molecular complexity index is 1200. The Morgan fingerprint density at radius 1 is 1.23 bits per heavy atom. The summed E-state index contributed by atoms with van der Waals surface area (Å²) in [6.07, 6.45) is 5.67. The van der Waals surface area contributed by atoms with Gasteiger partial charge in [0.1, 0.15) is 11.8 Å². The summed E-state index contributed by atoms with van der Waals surface area (Å²) in [4.78, 5) is 18.2. The normalized spacial score (nSPS) is 16.0. The van der Waals surface area contributed by atoms with E-state index in [9.17, 15) is 4.79 Å². The largest absolute Gasteiger partial charge is 0.467 e. The highest BCUT2D eigenvalue weighted by atomic mass is 32.2. The molecule has 0 aromatic carbocycles. The number of furan rings is 1. The molecule has 1 aliphatic rings. The number of thiophene rings is 1. The monoisotopic (exact) mass is 450 g/mol. The first-order valence-corrected chi connectivity index (χ1v) is 11.5. The van der Waals surface area contributed by atoms with E-state index in [2.05, 4.69) is 20.3 Å². The van der Waals surface area contributed by atoms with Crippen molar-refractivity contribution in [3.8, 4) is 11.4 Å². The minimum absolute atomic E-state index is 0.105. The van der Waals surface area contributed by atoms with Gasteiger partial charge in [-0.3, -0.25) is 9.78 Å². The molecule has 1 amide bonds. The highest BCUT2D eigenvalue weighted by Gasteiger charge is 2.35. The zero-order valence-electron chi connectivity index (χ0n) is 16.6. The van der Waals surface area contributed by atoms with E-state index in [-0.39, 0.29) is 17.7 Å². The molecule has 5 rings (SSSR count). The Kier molecular flexibility index (Phi) is 5.39. The van der Waals surface area contributed by atoms with E-state index in [0.29, 0.717) is 11.6 Å². The van der Waals surface area contributed by atoms with Crippen LogP contribution in [0.1, 0.15) is 23.1 Å². The second-order valence-electron chi connectivity index (χ2n) is 6.89. The van der Waals surface area contributed by atoms with Crippen molar-refractivity contribution in [3.05, 3.63) is 71.1 Å². The van der Waals surface area contributed by atoms with Crippen LogP contribution < -0.4 is 0 Å². The van der Waals surface area contributed by atoms with E-state index in [1.54, 1.807) is 35.0 Å². The fourth-order valence-electron chi connectivity index (χ4n) is 3.42. The van der Waals surface area contributed by atoms with Crippen molar-refractivity contribution in [3.63, 3.8) is 0 Å². The number of pyridine rings is 1. The highest BCUT2D eigenvalue weighted by Crippen LogP contribution is 2.35. The topological polar surface area (TPSA) is 89.4 Å². The summed E-state index contributed by atoms with van der Waals surface area (Å²) in [5, 5.41) is 17.4. The van der Waals surface area contributed by atoms with Crippen LogP contribution >= 0.6 is 23.1 Å². The van der Waals surface area contributed by atoms with Gasteiger partial charge in [-0.15, -0.1) is 21.5 Å². The molecule has 4 aromatic rings. The molecule has 0 unspecified atom stereocenters. The van der Waals surface area contributed by atoms with Gasteiger partial charge in [-0.2, -0.15) is 5.10 Å². The molecular weight excluding hydrogens is 432 g/mol. The molecular formula is C21H18N6O2S2. The van der Waals surface area contributed by atoms with E-state index in [1.165, 1.54) is 11.8 Å². The quantitative estimate of drug-likeness (QED) is 0.413. The third-order valence-corrected chi connectivity index (χ3v) is 6.87. The van der Waals surface area contributed by atoms with Gasteiger partial charge in [0.15, 0.2) is 11.0 Å². The summed E-state index contributed by atoms with van der Waals surface area (Å²) in [5.74, 6) is 1.55. The minimum Gasteiger partial charge on any atom is -0.467 e. The average molecular weight is 451 g/mol. The van der Waals surface area contributed by atoms with Gasteiger partial charge in [-0.05, 0) is 35.7 Å². The van der Waals surface area contributed by atoms with E-state index >= 15 is 0 Å². The summed E-state index contributed by atoms with van der Waals surface area (Å²) in [6, 6.07) is 11.2. The maximum Gasteiger partial charge on any atom is 0.253 e. The molecule has 1 aliphatic heterocycles. The summed E-state index contributed by atoms with van der Waals surface area (Å²) < 4.78 is 7.47. The van der Waals surface area contributed by atoms with Crippen molar-refractivity contribution in [1.29, 1.82) is 0 Å². The van der Waals surface area contributed by atoms with Crippen LogP contribution in [-0.4, -0.2) is 42.1 Å². The van der Waals surface area contributed by atoms with Crippen LogP contribution in [0.15, 0.2) is 75.1 Å². The summed E-state index contributed by atoms with van der Waals surface area (Å²) >= 11 is 2.96. The van der Waals surface area contributed by atoms with Crippen LogP contribution in [0.2, 0.25) is 0 Å². The lowest BCUT2D eigenvalue weighted by molar-refractivity contribution is -0.130. The lowest BCUT2D eigenvalue weighted by Gasteiger charge is -2.19. The van der Waals surface area contributed by atoms with Crippen molar-refractivity contribution in [2.24, 2.45) is 12.1 Å². The van der Waals surface area contributed by atoms with Crippen molar-refractivity contribution < 1.29 is 9.21 Å². The Balaban J connectivity index is 1.34. The molecule has 0 aliphatic carbocycles. The maximum absolute atomic E-state index is 13.1. The molecule has 4 aromatic heterocycles. The van der Waals surface area contributed by atoms with E-state index < -0.39 is 0 Å². The molecule has 0 saturated heterocycles. The first kappa shape index (κ1) is 19.7. The smallest absolute Gasteiger partial charge is 0.253 e. The van der Waals surface area contributed by atoms with Gasteiger partial charge < -0.3 is 8.98 Å². The average Bonchev–Trinajstić information content (AvgIpc) is 3.59. The first-order valence-electron chi connectivity index (χ1n) is 9.60. The second-order valence-corrected chi connectivity index (χ2v) is 8.78. The molecule has 1 atom stereocenters. The first-order chi connectivity index (χ1) is 15.2. The molecule has 0 spiro atoms. The van der Waals surface area contributed by atoms with Gasteiger partial charge in [0.05, 0.1) is 22.6 Å². The zero-order chi connectivity index (χ0) is 21.2. The molecule has 0 saturated carbocycles. The van der Waals surface area contributed by atoms with Crippen molar-refractivity contribution in [1.82, 2.24) is 24.8 Å². The molecule has 0 radical (unpaired) electrons. The molecule has 10 heteroatoms. The summed E-state index contributed by atoms with van der Waals surface area (Å²) in [5.41, 5.74) is 1.82. The number of aromatic nitrogens is 4. The van der Waals surface area contributed by atoms with Crippen molar-refractivity contribution in [2.75, 3.05) is 5.75 Å². The number of nitrogens with zero attached hydrogens (tertiary/aromatic N) is 6. The third kappa shape index (κ3) is 3.91. The predicted molar refractivity (Wildman–Crippen MR) is 119 cm³/mol. The number of amides is 1. The van der Waals surface area contributed by atoms with E-state index in [0.717, 1.165) is 27.7 Å². The number of hydrazone groups is 1. The van der Waals surface area contributed by atoms with Gasteiger partial charge in [0, 0.05) is 31.4 Å². The SMILES string of the molecule is Cn1c(SCC(=O)N2N=C(c3cccs3)C[C@@H]2c2ccco2)nnc1-c1ccncc1. The van der Waals surface area contributed by atoms with Crippen LogP contribution in [-0.2, 0) is 11.8 Å². The molecule has 0 bridgehead atoms. The number of hydrogen-bond donors (Lipinski definition) is 0. The van der Waals surface area contributed by atoms with Crippen LogP contribution in [0.4, 0.5) is 0 Å². The molecule has 8 nitrogen and oxygen atoms in total. The fourth-order valence-corrected chi connectivity index (χ4v) is 4.90. The number of carbonyl (C=O) groups excluding carboxylic acids is 1. The Hall–Kier alpha value is -3.24. The van der Waals surface area contributed by atoms with E-state index in [4.69, 9.17) is 4.42 Å². The second kappa shape index (κ2) is 8.48. The molecule has 0 fully saturated rings. The highest BCUT2D eigenvalue weighted by molar-refractivity contribution is 7.99. The van der Waals surface area contributed by atoms with Gasteiger partial charge in [-0.25, -0.2) is 5.01 Å². The summed E-state index contributed by atoms with van der Waals surface area (Å²) in [6.45, 7) is 0. The number of carbonyl (C=O) groups is 1. The predicted octanol–water partition coefficient (Wildman–Crippen LogP) is 4.00. The zero-order valence-corrected chi connectivity index (χ0v) is 18.2. The van der Waals surface area contributed by atoms with E-state index in [1.807, 2.05) is 53.4 Å². The lowest BCUT2D eigenvalue weighted by atomic mass is 10.1. The standard InChI is InChI=1S/C21H18N6O2S2/c1-26-20(14-6-8-22-9-7-14)23-24-21(26)31-13-19(28)27-16(17-4-2-10-29-17)12-15(25-27)18-5-3-11-30-18/h2-11,16H,12-13H2,1H3/t16-/m1/s1. The third-order valence-electron chi connectivity index (χ3n) is 4.94. The minimum atomic E-state index is -0.243. The summed E-state index contributed by atoms with van der Waals surface area (Å²) in [7, 11) is 1.89. The number of thioether (sulfide) groups is 1. The van der Waals surface area contributed by atoms with Crippen molar-refractivity contribution in [2.45, 2.75) is 17.6 Å². The Morgan fingerprint density at radius 2 is 2.10 bits per heavy atom. The van der Waals surface area contributed by atoms with Gasteiger partial charge >= 0.3 is 0 Å². The molecule has 31 heavy (non-hydrogen) atoms. The molecule has 0 N–H and O–H groups in total. The van der Waals surface area contributed by atoms with Crippen molar-refractivity contribution >= 4 is 34.7 Å². The maximum atomic E-state index is 13.1. The Morgan fingerprint density at radius 3 is 2.84 bits per heavy atom. The van der Waals surface area contributed by atoms with Gasteiger partial charge in [-0.1, -0.05) is 17.8 Å². The lowest BCUT2D eigenvalue weighted by Crippen LogP contribution is -2.28. The molecule has 156 valence electrons. The van der Waals surface area contributed by atoms with Crippen LogP contribution in [0, 0.1) is 0 Å². The number of hydrogen-bond acceptors (Lipinski definition) is 8. The number of rotatable bonds is 6. The fraction of sp³-hybridized carbons (Fsp3) is 0.190. The molecule has 5 heterocycles.